The third-order valence-electron chi connectivity index (χ3n) is 3.05. The monoisotopic (exact) mass is 324 g/mol. The molecule has 1 N–H and O–H groups in total. The Bertz CT molecular complexity index is 507. The van der Waals surface area contributed by atoms with E-state index in [4.69, 9.17) is 0 Å². The van der Waals surface area contributed by atoms with E-state index >= 15 is 0 Å². The topological polar surface area (TPSA) is 24.9 Å². The first kappa shape index (κ1) is 13.7. The summed E-state index contributed by atoms with van der Waals surface area (Å²) in [4.78, 5) is 5.62. The van der Waals surface area contributed by atoms with Crippen LogP contribution in [0.5, 0.6) is 0 Å². The molecule has 0 amide bonds. The summed E-state index contributed by atoms with van der Waals surface area (Å²) in [6.45, 7) is 6.44. The molecule has 2 aromatic rings. The van der Waals surface area contributed by atoms with Crippen molar-refractivity contribution in [3.05, 3.63) is 50.4 Å². The zero-order valence-electron chi connectivity index (χ0n) is 10.8. The molecule has 1 aromatic heterocycles. The normalized spacial score (nSPS) is 14.4. The van der Waals surface area contributed by atoms with Crippen molar-refractivity contribution in [2.24, 2.45) is 0 Å². The van der Waals surface area contributed by atoms with E-state index in [1.807, 2.05) is 5.51 Å². The highest BCUT2D eigenvalue weighted by molar-refractivity contribution is 9.10. The van der Waals surface area contributed by atoms with Crippen molar-refractivity contribution in [1.29, 1.82) is 0 Å². The predicted molar refractivity (Wildman–Crippen MR) is 81.0 cm³/mol. The van der Waals surface area contributed by atoms with Gasteiger partial charge in [-0.15, -0.1) is 11.3 Å². The van der Waals surface area contributed by atoms with Crippen molar-refractivity contribution in [3.8, 4) is 0 Å². The number of aryl methyl sites for hydroxylation is 1. The van der Waals surface area contributed by atoms with Gasteiger partial charge in [0.15, 0.2) is 0 Å². The molecule has 1 unspecified atom stereocenters. The second-order valence-corrected chi connectivity index (χ2v) is 6.27. The van der Waals surface area contributed by atoms with Crippen LogP contribution >= 0.6 is 27.3 Å². The summed E-state index contributed by atoms with van der Waals surface area (Å²) in [5, 5.41) is 3.61. The summed E-state index contributed by atoms with van der Waals surface area (Å²) in [6.07, 6.45) is 0. The van der Waals surface area contributed by atoms with Crippen molar-refractivity contribution in [2.45, 2.75) is 32.9 Å². The second-order valence-electron chi connectivity index (χ2n) is 4.46. The van der Waals surface area contributed by atoms with Crippen LogP contribution < -0.4 is 5.32 Å². The lowest BCUT2D eigenvalue weighted by molar-refractivity contribution is 0.498. The smallest absolute Gasteiger partial charge is 0.0798 e. The van der Waals surface area contributed by atoms with Gasteiger partial charge in [0.2, 0.25) is 0 Å². The second kappa shape index (κ2) is 5.95. The highest BCUT2D eigenvalue weighted by Crippen LogP contribution is 2.25. The Hall–Kier alpha value is -0.710. The molecule has 0 aliphatic carbocycles. The molecule has 2 rings (SSSR count). The number of thiazole rings is 1. The summed E-state index contributed by atoms with van der Waals surface area (Å²) in [7, 11) is 0. The van der Waals surface area contributed by atoms with Gasteiger partial charge in [-0.2, -0.15) is 0 Å². The SMILES string of the molecule is Cc1ncsc1C(C)N[C@@H](C)c1ccc(Br)cc1. The number of nitrogens with one attached hydrogen (secondary N) is 1. The molecule has 0 spiro atoms. The molecule has 0 bridgehead atoms. The summed E-state index contributed by atoms with van der Waals surface area (Å²) >= 11 is 5.18. The first-order valence-corrected chi connectivity index (χ1v) is 7.66. The number of halogens is 1. The van der Waals surface area contributed by atoms with Crippen LogP contribution in [0.25, 0.3) is 0 Å². The number of hydrogen-bond donors (Lipinski definition) is 1. The third kappa shape index (κ3) is 3.19. The van der Waals surface area contributed by atoms with E-state index in [1.165, 1.54) is 10.4 Å². The first-order chi connectivity index (χ1) is 8.58. The van der Waals surface area contributed by atoms with Crippen LogP contribution in [0.3, 0.4) is 0 Å². The van der Waals surface area contributed by atoms with E-state index in [-0.39, 0.29) is 0 Å². The average Bonchev–Trinajstić information content (AvgIpc) is 2.76. The standard InChI is InChI=1S/C14H17BrN2S/c1-9(12-4-6-13(15)7-5-12)17-11(3)14-10(2)16-8-18-14/h4-9,11,17H,1-3H3/t9-,11?/m0/s1. The Morgan fingerprint density at radius 3 is 2.39 bits per heavy atom. The maximum absolute atomic E-state index is 4.30. The third-order valence-corrected chi connectivity index (χ3v) is 4.69. The van der Waals surface area contributed by atoms with E-state index < -0.39 is 0 Å². The maximum atomic E-state index is 4.30. The van der Waals surface area contributed by atoms with Gasteiger partial charge < -0.3 is 5.32 Å². The van der Waals surface area contributed by atoms with Gasteiger partial charge in [-0.05, 0) is 38.5 Å². The lowest BCUT2D eigenvalue weighted by atomic mass is 10.1. The van der Waals surface area contributed by atoms with Crippen molar-refractivity contribution in [1.82, 2.24) is 10.3 Å². The van der Waals surface area contributed by atoms with Crippen LogP contribution in [0.1, 0.15) is 42.1 Å². The summed E-state index contributed by atoms with van der Waals surface area (Å²) in [6, 6.07) is 9.11. The number of hydrogen-bond acceptors (Lipinski definition) is 3. The van der Waals surface area contributed by atoms with Gasteiger partial charge in [-0.1, -0.05) is 28.1 Å². The molecule has 0 saturated heterocycles. The molecule has 18 heavy (non-hydrogen) atoms. The van der Waals surface area contributed by atoms with Gasteiger partial charge in [-0.25, -0.2) is 4.98 Å². The zero-order chi connectivity index (χ0) is 13.1. The molecular formula is C14H17BrN2S. The van der Waals surface area contributed by atoms with Gasteiger partial charge >= 0.3 is 0 Å². The zero-order valence-corrected chi connectivity index (χ0v) is 13.2. The molecule has 2 atom stereocenters. The maximum Gasteiger partial charge on any atom is 0.0798 e. The van der Waals surface area contributed by atoms with Crippen LogP contribution in [0.2, 0.25) is 0 Å². The molecule has 0 saturated carbocycles. The van der Waals surface area contributed by atoms with Crippen LogP contribution in [-0.2, 0) is 0 Å². The van der Waals surface area contributed by atoms with Gasteiger partial charge in [0.25, 0.3) is 0 Å². The van der Waals surface area contributed by atoms with Gasteiger partial charge in [0, 0.05) is 21.4 Å². The van der Waals surface area contributed by atoms with Crippen molar-refractivity contribution in [3.63, 3.8) is 0 Å². The molecule has 2 nitrogen and oxygen atoms in total. The average molecular weight is 325 g/mol. The van der Waals surface area contributed by atoms with E-state index in [9.17, 15) is 0 Å². The van der Waals surface area contributed by atoms with E-state index in [2.05, 4.69) is 71.3 Å². The quantitative estimate of drug-likeness (QED) is 0.887. The predicted octanol–water partition coefficient (Wildman–Crippen LogP) is 4.63. The lowest BCUT2D eigenvalue weighted by Crippen LogP contribution is -2.22. The molecule has 0 fully saturated rings. The highest BCUT2D eigenvalue weighted by atomic mass is 79.9. The fourth-order valence-corrected chi connectivity index (χ4v) is 3.11. The minimum Gasteiger partial charge on any atom is -0.303 e. The van der Waals surface area contributed by atoms with Crippen molar-refractivity contribution < 1.29 is 0 Å². The van der Waals surface area contributed by atoms with Gasteiger partial charge in [0.05, 0.1) is 11.2 Å². The van der Waals surface area contributed by atoms with Crippen molar-refractivity contribution >= 4 is 27.3 Å². The summed E-state index contributed by atoms with van der Waals surface area (Å²) < 4.78 is 1.12. The number of nitrogens with zero attached hydrogens (tertiary/aromatic N) is 1. The molecule has 1 aromatic carbocycles. The largest absolute Gasteiger partial charge is 0.303 e. The molecule has 1 heterocycles. The number of aromatic nitrogens is 1. The Balaban J connectivity index is 2.05. The Labute approximate surface area is 121 Å². The van der Waals surface area contributed by atoms with E-state index in [1.54, 1.807) is 11.3 Å². The molecular weight excluding hydrogens is 308 g/mol. The number of rotatable bonds is 4. The molecule has 0 aliphatic rings. The Morgan fingerprint density at radius 2 is 1.83 bits per heavy atom. The highest BCUT2D eigenvalue weighted by Gasteiger charge is 2.14. The summed E-state index contributed by atoms with van der Waals surface area (Å²) in [5.41, 5.74) is 4.34. The van der Waals surface area contributed by atoms with Crippen LogP contribution in [0, 0.1) is 6.92 Å². The van der Waals surface area contributed by atoms with Gasteiger partial charge in [-0.3, -0.25) is 0 Å². The van der Waals surface area contributed by atoms with Gasteiger partial charge in [0.1, 0.15) is 0 Å². The molecule has 4 heteroatoms. The first-order valence-electron chi connectivity index (χ1n) is 5.99. The minimum atomic E-state index is 0.328. The van der Waals surface area contributed by atoms with Crippen molar-refractivity contribution in [2.75, 3.05) is 0 Å². The molecule has 0 aliphatic heterocycles. The fourth-order valence-electron chi connectivity index (χ4n) is 2.02. The molecule has 96 valence electrons. The van der Waals surface area contributed by atoms with E-state index in [0.717, 1.165) is 10.2 Å². The number of benzene rings is 1. The van der Waals surface area contributed by atoms with Crippen LogP contribution in [0.4, 0.5) is 0 Å². The lowest BCUT2D eigenvalue weighted by Gasteiger charge is -2.20. The minimum absolute atomic E-state index is 0.328. The molecule has 0 radical (unpaired) electrons. The fraction of sp³-hybridized carbons (Fsp3) is 0.357. The Morgan fingerprint density at radius 1 is 1.17 bits per heavy atom. The Kier molecular flexibility index (Phi) is 4.54. The summed E-state index contributed by atoms with van der Waals surface area (Å²) in [5.74, 6) is 0. The van der Waals surface area contributed by atoms with Crippen LogP contribution in [0.15, 0.2) is 34.2 Å². The van der Waals surface area contributed by atoms with Crippen LogP contribution in [-0.4, -0.2) is 4.98 Å². The van der Waals surface area contributed by atoms with E-state index in [0.29, 0.717) is 12.1 Å².